The third-order valence-corrected chi connectivity index (χ3v) is 8.16. The van der Waals surface area contributed by atoms with Crippen LogP contribution in [0.1, 0.15) is 6.92 Å². The van der Waals surface area contributed by atoms with Crippen LogP contribution in [-0.4, -0.2) is 25.0 Å². The Morgan fingerprint density at radius 3 is 2.40 bits per heavy atom. The summed E-state index contributed by atoms with van der Waals surface area (Å²) in [4.78, 5) is 6.49. The maximum absolute atomic E-state index is 14.1. The fourth-order valence-electron chi connectivity index (χ4n) is 1.39. The summed E-state index contributed by atoms with van der Waals surface area (Å²) in [6.45, 7) is 2.25. The minimum atomic E-state index is -2.40. The van der Waals surface area contributed by atoms with Gasteiger partial charge in [0.25, 0.3) is 0 Å². The zero-order valence-electron chi connectivity index (χ0n) is 9.53. The second-order valence-corrected chi connectivity index (χ2v) is 19.2. The van der Waals surface area contributed by atoms with Crippen LogP contribution in [0.4, 0.5) is 4.39 Å². The van der Waals surface area contributed by atoms with E-state index in [4.69, 9.17) is 16.3 Å². The summed E-state index contributed by atoms with van der Waals surface area (Å²) >= 11 is 3.48. The third-order valence-electron chi connectivity index (χ3n) is 2.15. The molecule has 0 radical (unpaired) electrons. The Bertz CT molecular complexity index is 360. The molecule has 84 valence electrons. The molecule has 0 N–H and O–H groups in total. The standard InChI is InChI=1S/C8H7ClFO.3CH3.Sn/c1-2-11-8-6(9)4-3-5-7(8)10;;;;/h3-4H,2H2,1H3;3*1H3;. The maximum atomic E-state index is 14.1. The van der Waals surface area contributed by atoms with Crippen LogP contribution in [0.15, 0.2) is 12.1 Å². The number of ether oxygens (including phenoxy) is 1. The van der Waals surface area contributed by atoms with Gasteiger partial charge in [-0.05, 0) is 0 Å². The molecule has 0 aromatic heterocycles. The molecule has 0 heterocycles. The van der Waals surface area contributed by atoms with Gasteiger partial charge in [0, 0.05) is 0 Å². The summed E-state index contributed by atoms with van der Waals surface area (Å²) in [5.74, 6) is -0.0454. The van der Waals surface area contributed by atoms with E-state index >= 15 is 0 Å². The van der Waals surface area contributed by atoms with Gasteiger partial charge in [-0.3, -0.25) is 0 Å². The Morgan fingerprint density at radius 2 is 1.93 bits per heavy atom. The molecule has 1 nitrogen and oxygen atoms in total. The summed E-state index contributed by atoms with van der Waals surface area (Å²) in [5.41, 5.74) is 0. The van der Waals surface area contributed by atoms with Crippen LogP contribution in [0.2, 0.25) is 19.8 Å². The molecule has 0 saturated heterocycles. The molecule has 0 atom stereocenters. The number of rotatable bonds is 3. The predicted octanol–water partition coefficient (Wildman–Crippen LogP) is 3.42. The molecule has 0 amide bonds. The Kier molecular flexibility index (Phi) is 4.29. The fraction of sp³-hybridized carbons (Fsp3) is 0.455. The molecule has 0 aliphatic carbocycles. The quantitative estimate of drug-likeness (QED) is 0.768. The zero-order valence-corrected chi connectivity index (χ0v) is 13.1. The first kappa shape index (κ1) is 13.1. The van der Waals surface area contributed by atoms with Crippen molar-refractivity contribution >= 4 is 33.6 Å². The van der Waals surface area contributed by atoms with Gasteiger partial charge < -0.3 is 0 Å². The number of benzene rings is 1. The molecule has 0 fully saturated rings. The molecular formula is C11H16ClFOSn. The van der Waals surface area contributed by atoms with E-state index in [1.165, 1.54) is 0 Å². The molecular weight excluding hydrogens is 321 g/mol. The van der Waals surface area contributed by atoms with E-state index in [2.05, 4.69) is 14.8 Å². The van der Waals surface area contributed by atoms with Crippen LogP contribution in [-0.2, 0) is 0 Å². The molecule has 0 aliphatic rings. The van der Waals surface area contributed by atoms with Crippen LogP contribution in [0.5, 0.6) is 5.75 Å². The van der Waals surface area contributed by atoms with Crippen molar-refractivity contribution in [3.63, 3.8) is 0 Å². The van der Waals surface area contributed by atoms with Crippen molar-refractivity contribution in [2.45, 2.75) is 21.7 Å². The topological polar surface area (TPSA) is 9.23 Å². The average Bonchev–Trinajstić information content (AvgIpc) is 2.09. The molecule has 0 spiro atoms. The van der Waals surface area contributed by atoms with Crippen molar-refractivity contribution in [2.24, 2.45) is 0 Å². The Hall–Kier alpha value is 0.0387. The molecule has 0 unspecified atom stereocenters. The van der Waals surface area contributed by atoms with E-state index in [1.807, 2.05) is 6.92 Å². The van der Waals surface area contributed by atoms with Crippen molar-refractivity contribution < 1.29 is 9.13 Å². The Balaban J connectivity index is 3.28. The first-order valence-electron chi connectivity index (χ1n) is 4.99. The van der Waals surface area contributed by atoms with Crippen LogP contribution >= 0.6 is 11.6 Å². The van der Waals surface area contributed by atoms with Crippen molar-refractivity contribution in [2.75, 3.05) is 6.61 Å². The van der Waals surface area contributed by atoms with E-state index < -0.39 is 18.4 Å². The monoisotopic (exact) mass is 338 g/mol. The molecule has 1 aromatic carbocycles. The fourth-order valence-corrected chi connectivity index (χ4v) is 5.46. The van der Waals surface area contributed by atoms with E-state index in [1.54, 1.807) is 12.1 Å². The molecule has 0 bridgehead atoms. The summed E-state index contributed by atoms with van der Waals surface area (Å²) in [7, 11) is 0. The summed E-state index contributed by atoms with van der Waals surface area (Å²) in [6, 6.07) is 3.53. The number of hydrogen-bond acceptors (Lipinski definition) is 1. The Labute approximate surface area is 99.5 Å². The molecule has 0 aliphatic heterocycles. The van der Waals surface area contributed by atoms with Crippen LogP contribution < -0.4 is 8.32 Å². The van der Waals surface area contributed by atoms with Crippen molar-refractivity contribution in [3.8, 4) is 5.75 Å². The van der Waals surface area contributed by atoms with Gasteiger partial charge in [0.05, 0.1) is 0 Å². The summed E-state index contributed by atoms with van der Waals surface area (Å²) in [6.07, 6.45) is 0. The Morgan fingerprint density at radius 1 is 1.33 bits per heavy atom. The first-order valence-corrected chi connectivity index (χ1v) is 15.4. The van der Waals surface area contributed by atoms with E-state index in [0.29, 0.717) is 11.6 Å². The van der Waals surface area contributed by atoms with Crippen molar-refractivity contribution in [1.29, 1.82) is 0 Å². The van der Waals surface area contributed by atoms with E-state index in [9.17, 15) is 4.39 Å². The van der Waals surface area contributed by atoms with Gasteiger partial charge in [0.2, 0.25) is 0 Å². The molecule has 1 aromatic rings. The summed E-state index contributed by atoms with van der Waals surface area (Å²) < 4.78 is 20.1. The number of halogens is 2. The van der Waals surface area contributed by atoms with Crippen LogP contribution in [0.3, 0.4) is 0 Å². The zero-order chi connectivity index (χ0) is 11.6. The molecule has 0 saturated carbocycles. The van der Waals surface area contributed by atoms with Crippen LogP contribution in [0.25, 0.3) is 0 Å². The normalized spacial score (nSPS) is 11.6. The number of hydrogen-bond donors (Lipinski definition) is 0. The SMILES string of the molecule is CCOc1c(Cl)cc[c]([Sn]([CH3])([CH3])[CH3])c1F. The van der Waals surface area contributed by atoms with Crippen molar-refractivity contribution in [1.82, 2.24) is 0 Å². The predicted molar refractivity (Wildman–Crippen MR) is 65.6 cm³/mol. The minimum absolute atomic E-state index is 0.211. The first-order chi connectivity index (χ1) is 6.88. The third kappa shape index (κ3) is 3.00. The summed E-state index contributed by atoms with van der Waals surface area (Å²) in [5, 5.41) is 0.355. The van der Waals surface area contributed by atoms with Gasteiger partial charge in [0.15, 0.2) is 0 Å². The van der Waals surface area contributed by atoms with Gasteiger partial charge in [-0.15, -0.1) is 0 Å². The second-order valence-electron chi connectivity index (χ2n) is 4.42. The molecule has 15 heavy (non-hydrogen) atoms. The van der Waals surface area contributed by atoms with Gasteiger partial charge in [-0.25, -0.2) is 0 Å². The van der Waals surface area contributed by atoms with Gasteiger partial charge >= 0.3 is 99.8 Å². The second kappa shape index (κ2) is 4.91. The van der Waals surface area contributed by atoms with Crippen LogP contribution in [0, 0.1) is 5.82 Å². The molecule has 1 rings (SSSR count). The van der Waals surface area contributed by atoms with Crippen molar-refractivity contribution in [3.05, 3.63) is 23.0 Å². The average molecular weight is 337 g/mol. The van der Waals surface area contributed by atoms with Gasteiger partial charge in [-0.1, -0.05) is 0 Å². The molecule has 4 heteroatoms. The van der Waals surface area contributed by atoms with Gasteiger partial charge in [0.1, 0.15) is 0 Å². The van der Waals surface area contributed by atoms with E-state index in [0.717, 1.165) is 3.58 Å². The van der Waals surface area contributed by atoms with Gasteiger partial charge in [-0.2, -0.15) is 0 Å². The van der Waals surface area contributed by atoms with E-state index in [-0.39, 0.29) is 11.6 Å².